The van der Waals surface area contributed by atoms with Crippen molar-refractivity contribution in [3.63, 3.8) is 0 Å². The van der Waals surface area contributed by atoms with Crippen LogP contribution in [0.1, 0.15) is 43.7 Å². The highest BCUT2D eigenvalue weighted by atomic mass is 35.5. The topological polar surface area (TPSA) is 51.2 Å². The molecule has 4 rings (SSSR count). The molecule has 1 saturated carbocycles. The first-order valence-electron chi connectivity index (χ1n) is 9.95. The van der Waals surface area contributed by atoms with Crippen molar-refractivity contribution in [1.29, 1.82) is 0 Å². The predicted molar refractivity (Wildman–Crippen MR) is 108 cm³/mol. The molecule has 1 N–H and O–H groups in total. The van der Waals surface area contributed by atoms with E-state index in [0.29, 0.717) is 23.2 Å². The van der Waals surface area contributed by atoms with Crippen LogP contribution in [0.25, 0.3) is 0 Å². The zero-order chi connectivity index (χ0) is 21.5. The van der Waals surface area contributed by atoms with Gasteiger partial charge in [0.15, 0.2) is 0 Å². The van der Waals surface area contributed by atoms with Gasteiger partial charge in [-0.15, -0.1) is 0 Å². The van der Waals surface area contributed by atoms with Crippen LogP contribution >= 0.6 is 11.6 Å². The summed E-state index contributed by atoms with van der Waals surface area (Å²) >= 11 is 5.82. The standard InChI is InChI=1S/C22H22ClF3N2O2/c1-13(20(29)28-19-5-3-16(23)11-27-19)14-6-8-21(9-7-14)12-30-18-10-15(22(24,25)26)2-4-17(18)21/h2-5,10-11,13-14H,6-9,12H2,1H3,(H,27,28,29)/t13-,14?,21?/m0/s1. The first-order valence-corrected chi connectivity index (χ1v) is 10.3. The second kappa shape index (κ2) is 7.76. The minimum absolute atomic E-state index is 0.0938. The Balaban J connectivity index is 1.41. The number of benzene rings is 1. The maximum absolute atomic E-state index is 13.0. The molecule has 1 amide bonds. The molecule has 0 saturated heterocycles. The molecule has 1 aromatic carbocycles. The molecule has 30 heavy (non-hydrogen) atoms. The van der Waals surface area contributed by atoms with Crippen molar-refractivity contribution in [3.05, 3.63) is 52.7 Å². The summed E-state index contributed by atoms with van der Waals surface area (Å²) in [6.45, 7) is 2.30. The lowest BCUT2D eigenvalue weighted by molar-refractivity contribution is -0.137. The van der Waals surface area contributed by atoms with Gasteiger partial charge < -0.3 is 10.1 Å². The second-order valence-corrected chi connectivity index (χ2v) is 8.69. The minimum atomic E-state index is -4.38. The summed E-state index contributed by atoms with van der Waals surface area (Å²) in [5.74, 6) is 0.698. The molecule has 1 spiro atoms. The van der Waals surface area contributed by atoms with Gasteiger partial charge in [0.05, 0.1) is 17.2 Å². The Hall–Kier alpha value is -2.28. The number of aromatic nitrogens is 1. The van der Waals surface area contributed by atoms with Crippen LogP contribution in [0.2, 0.25) is 5.02 Å². The Morgan fingerprint density at radius 2 is 2.00 bits per heavy atom. The number of hydrogen-bond acceptors (Lipinski definition) is 3. The Bertz CT molecular complexity index is 938. The Labute approximate surface area is 177 Å². The van der Waals surface area contributed by atoms with E-state index in [1.54, 1.807) is 18.2 Å². The van der Waals surface area contributed by atoms with Gasteiger partial charge in [-0.2, -0.15) is 13.2 Å². The van der Waals surface area contributed by atoms with Crippen LogP contribution in [0.4, 0.5) is 19.0 Å². The van der Waals surface area contributed by atoms with Crippen LogP contribution < -0.4 is 10.1 Å². The summed E-state index contributed by atoms with van der Waals surface area (Å²) in [7, 11) is 0. The number of fused-ring (bicyclic) bond motifs is 2. The van der Waals surface area contributed by atoms with E-state index in [9.17, 15) is 18.0 Å². The molecule has 0 bridgehead atoms. The van der Waals surface area contributed by atoms with E-state index in [1.165, 1.54) is 6.20 Å². The first kappa shape index (κ1) is 21.0. The molecule has 1 fully saturated rings. The number of rotatable bonds is 3. The van der Waals surface area contributed by atoms with Crippen molar-refractivity contribution in [2.24, 2.45) is 11.8 Å². The third kappa shape index (κ3) is 4.00. The lowest BCUT2D eigenvalue weighted by Gasteiger charge is -2.38. The molecule has 1 aromatic heterocycles. The maximum atomic E-state index is 13.0. The highest BCUT2D eigenvalue weighted by Crippen LogP contribution is 2.51. The van der Waals surface area contributed by atoms with Gasteiger partial charge in [0.2, 0.25) is 5.91 Å². The number of anilines is 1. The monoisotopic (exact) mass is 438 g/mol. The van der Waals surface area contributed by atoms with Crippen molar-refractivity contribution in [2.75, 3.05) is 11.9 Å². The number of halogens is 4. The second-order valence-electron chi connectivity index (χ2n) is 8.25. The molecule has 2 heterocycles. The zero-order valence-electron chi connectivity index (χ0n) is 16.4. The third-order valence-corrected chi connectivity index (χ3v) is 6.69. The molecule has 0 radical (unpaired) electrons. The normalized spacial score (nSPS) is 24.2. The number of carbonyl (C=O) groups excluding carboxylic acids is 1. The number of hydrogen-bond donors (Lipinski definition) is 1. The van der Waals surface area contributed by atoms with Crippen LogP contribution in [0.3, 0.4) is 0 Å². The fourth-order valence-electron chi connectivity index (χ4n) is 4.56. The highest BCUT2D eigenvalue weighted by Gasteiger charge is 2.45. The highest BCUT2D eigenvalue weighted by molar-refractivity contribution is 6.30. The van der Waals surface area contributed by atoms with Crippen LogP contribution in [-0.4, -0.2) is 17.5 Å². The SMILES string of the molecule is C[C@H](C(=O)Nc1ccc(Cl)cn1)C1CCC2(CC1)COc1cc(C(F)(F)F)ccc12. The number of carbonyl (C=O) groups is 1. The summed E-state index contributed by atoms with van der Waals surface area (Å²) in [6, 6.07) is 7.13. The largest absolute Gasteiger partial charge is 0.492 e. The minimum Gasteiger partial charge on any atom is -0.492 e. The predicted octanol–water partition coefficient (Wildman–Crippen LogP) is 5.85. The van der Waals surface area contributed by atoms with Gasteiger partial charge in [-0.05, 0) is 55.9 Å². The Morgan fingerprint density at radius 1 is 1.27 bits per heavy atom. The molecule has 1 atom stereocenters. The van der Waals surface area contributed by atoms with Crippen LogP contribution in [-0.2, 0) is 16.4 Å². The van der Waals surface area contributed by atoms with E-state index < -0.39 is 11.7 Å². The van der Waals surface area contributed by atoms with Gasteiger partial charge >= 0.3 is 6.18 Å². The lowest BCUT2D eigenvalue weighted by atomic mass is 9.65. The Morgan fingerprint density at radius 3 is 2.63 bits per heavy atom. The van der Waals surface area contributed by atoms with E-state index in [0.717, 1.165) is 43.4 Å². The fraction of sp³-hybridized carbons (Fsp3) is 0.455. The smallest absolute Gasteiger partial charge is 0.416 e. The van der Waals surface area contributed by atoms with Gasteiger partial charge in [0, 0.05) is 23.1 Å². The van der Waals surface area contributed by atoms with E-state index >= 15 is 0 Å². The van der Waals surface area contributed by atoms with Gasteiger partial charge in [0.25, 0.3) is 0 Å². The summed E-state index contributed by atoms with van der Waals surface area (Å²) in [5, 5.41) is 3.32. The summed E-state index contributed by atoms with van der Waals surface area (Å²) in [4.78, 5) is 16.7. The van der Waals surface area contributed by atoms with Gasteiger partial charge in [-0.3, -0.25) is 4.79 Å². The summed E-state index contributed by atoms with van der Waals surface area (Å²) in [5.41, 5.74) is -0.0892. The summed E-state index contributed by atoms with van der Waals surface area (Å²) in [6.07, 6.45) is 0.292. The van der Waals surface area contributed by atoms with Crippen molar-refractivity contribution in [1.82, 2.24) is 4.98 Å². The van der Waals surface area contributed by atoms with Crippen LogP contribution in [0.15, 0.2) is 36.5 Å². The molecule has 160 valence electrons. The molecule has 2 aromatic rings. The molecular weight excluding hydrogens is 417 g/mol. The number of nitrogens with zero attached hydrogens (tertiary/aromatic N) is 1. The van der Waals surface area contributed by atoms with Crippen molar-refractivity contribution in [3.8, 4) is 5.75 Å². The number of ether oxygens (including phenoxy) is 1. The third-order valence-electron chi connectivity index (χ3n) is 6.47. The molecule has 1 aliphatic heterocycles. The van der Waals surface area contributed by atoms with Crippen LogP contribution in [0.5, 0.6) is 5.75 Å². The number of amides is 1. The van der Waals surface area contributed by atoms with E-state index in [4.69, 9.17) is 16.3 Å². The van der Waals surface area contributed by atoms with E-state index in [-0.39, 0.29) is 23.2 Å². The maximum Gasteiger partial charge on any atom is 0.416 e. The van der Waals surface area contributed by atoms with Crippen molar-refractivity contribution >= 4 is 23.3 Å². The van der Waals surface area contributed by atoms with Crippen molar-refractivity contribution < 1.29 is 22.7 Å². The number of alkyl halides is 3. The summed E-state index contributed by atoms with van der Waals surface area (Å²) < 4.78 is 44.6. The quantitative estimate of drug-likeness (QED) is 0.654. The molecular formula is C22H22ClF3N2O2. The zero-order valence-corrected chi connectivity index (χ0v) is 17.2. The van der Waals surface area contributed by atoms with Crippen LogP contribution in [0, 0.1) is 11.8 Å². The molecule has 0 unspecified atom stereocenters. The first-order chi connectivity index (χ1) is 14.2. The number of nitrogens with one attached hydrogen (secondary N) is 1. The molecule has 4 nitrogen and oxygen atoms in total. The van der Waals surface area contributed by atoms with E-state index in [2.05, 4.69) is 10.3 Å². The van der Waals surface area contributed by atoms with Gasteiger partial charge in [0.1, 0.15) is 11.6 Å². The average Bonchev–Trinajstić information content (AvgIpc) is 3.07. The molecule has 1 aliphatic carbocycles. The lowest BCUT2D eigenvalue weighted by Crippen LogP contribution is -2.37. The average molecular weight is 439 g/mol. The molecule has 2 aliphatic rings. The fourth-order valence-corrected chi connectivity index (χ4v) is 4.67. The van der Waals surface area contributed by atoms with Gasteiger partial charge in [-0.1, -0.05) is 24.6 Å². The van der Waals surface area contributed by atoms with Crippen molar-refractivity contribution in [2.45, 2.75) is 44.2 Å². The van der Waals surface area contributed by atoms with E-state index in [1.807, 2.05) is 6.92 Å². The molecule has 8 heteroatoms. The Kier molecular flexibility index (Phi) is 5.43. The van der Waals surface area contributed by atoms with Gasteiger partial charge in [-0.25, -0.2) is 4.98 Å². The number of pyridine rings is 1.